The van der Waals surface area contributed by atoms with Gasteiger partial charge in [-0.3, -0.25) is 19.1 Å². The van der Waals surface area contributed by atoms with Crippen LogP contribution in [0.25, 0.3) is 0 Å². The van der Waals surface area contributed by atoms with Crippen LogP contribution >= 0.6 is 0 Å². The Morgan fingerprint density at radius 1 is 1.06 bits per heavy atom. The fourth-order valence-corrected chi connectivity index (χ4v) is 4.50. The summed E-state index contributed by atoms with van der Waals surface area (Å²) in [5.41, 5.74) is 3.18. The summed E-state index contributed by atoms with van der Waals surface area (Å²) in [7, 11) is 0. The molecule has 2 aromatic carbocycles. The highest BCUT2D eigenvalue weighted by atomic mass is 16.5. The molecule has 0 radical (unpaired) electrons. The monoisotopic (exact) mass is 488 g/mol. The SMILES string of the molecule is CCCc1nc2c(c(=O)n1CC(=O)Nc1ccccc1C(=O)OCC)CCN(Cc1ccccc1)C2. The van der Waals surface area contributed by atoms with Gasteiger partial charge in [0.15, 0.2) is 0 Å². The van der Waals surface area contributed by atoms with Gasteiger partial charge in [0.25, 0.3) is 5.56 Å². The largest absolute Gasteiger partial charge is 0.462 e. The number of carbonyl (C=O) groups is 2. The predicted molar refractivity (Wildman–Crippen MR) is 138 cm³/mol. The van der Waals surface area contributed by atoms with Gasteiger partial charge in [0, 0.05) is 31.6 Å². The van der Waals surface area contributed by atoms with Crippen molar-refractivity contribution in [3.63, 3.8) is 0 Å². The lowest BCUT2D eigenvalue weighted by Crippen LogP contribution is -2.40. The van der Waals surface area contributed by atoms with Crippen LogP contribution in [0, 0.1) is 0 Å². The van der Waals surface area contributed by atoms with E-state index in [4.69, 9.17) is 9.72 Å². The number of nitrogens with one attached hydrogen (secondary N) is 1. The quantitative estimate of drug-likeness (QED) is 0.463. The van der Waals surface area contributed by atoms with Crippen LogP contribution in [0.4, 0.5) is 5.69 Å². The van der Waals surface area contributed by atoms with Crippen molar-refractivity contribution >= 4 is 17.6 Å². The number of rotatable bonds is 9. The summed E-state index contributed by atoms with van der Waals surface area (Å²) in [5.74, 6) is -0.293. The van der Waals surface area contributed by atoms with Gasteiger partial charge in [0.05, 0.1) is 23.6 Å². The zero-order valence-corrected chi connectivity index (χ0v) is 20.8. The van der Waals surface area contributed by atoms with Gasteiger partial charge in [-0.15, -0.1) is 0 Å². The Labute approximate surface area is 210 Å². The first-order valence-electron chi connectivity index (χ1n) is 12.4. The van der Waals surface area contributed by atoms with Gasteiger partial charge in [-0.2, -0.15) is 0 Å². The van der Waals surface area contributed by atoms with Crippen LogP contribution in [-0.4, -0.2) is 39.5 Å². The van der Waals surface area contributed by atoms with Crippen LogP contribution in [0.5, 0.6) is 0 Å². The van der Waals surface area contributed by atoms with Gasteiger partial charge in [-0.25, -0.2) is 9.78 Å². The van der Waals surface area contributed by atoms with Gasteiger partial charge in [-0.05, 0) is 37.5 Å². The lowest BCUT2D eigenvalue weighted by Gasteiger charge is -2.29. The van der Waals surface area contributed by atoms with Crippen LogP contribution in [0.2, 0.25) is 0 Å². The molecule has 0 saturated carbocycles. The molecular weight excluding hydrogens is 456 g/mol. The first-order chi connectivity index (χ1) is 17.5. The average molecular weight is 489 g/mol. The summed E-state index contributed by atoms with van der Waals surface area (Å²) in [5, 5.41) is 2.77. The Kier molecular flexibility index (Phi) is 8.28. The zero-order valence-electron chi connectivity index (χ0n) is 20.8. The van der Waals surface area contributed by atoms with Crippen molar-refractivity contribution in [2.45, 2.75) is 52.7 Å². The van der Waals surface area contributed by atoms with Crippen molar-refractivity contribution in [2.24, 2.45) is 0 Å². The summed E-state index contributed by atoms with van der Waals surface area (Å²) >= 11 is 0. The highest BCUT2D eigenvalue weighted by Gasteiger charge is 2.24. The van der Waals surface area contributed by atoms with Gasteiger partial charge in [0.1, 0.15) is 12.4 Å². The molecule has 8 heteroatoms. The molecule has 2 heterocycles. The van der Waals surface area contributed by atoms with E-state index >= 15 is 0 Å². The summed E-state index contributed by atoms with van der Waals surface area (Å²) in [6.07, 6.45) is 1.98. The lowest BCUT2D eigenvalue weighted by molar-refractivity contribution is -0.116. The number of benzene rings is 2. The van der Waals surface area contributed by atoms with Crippen LogP contribution in [0.3, 0.4) is 0 Å². The van der Waals surface area contributed by atoms with E-state index in [1.165, 1.54) is 10.1 Å². The fourth-order valence-electron chi connectivity index (χ4n) is 4.50. The van der Waals surface area contributed by atoms with Crippen LogP contribution < -0.4 is 10.9 Å². The minimum Gasteiger partial charge on any atom is -0.462 e. The van der Waals surface area contributed by atoms with Crippen molar-refractivity contribution in [1.82, 2.24) is 14.5 Å². The highest BCUT2D eigenvalue weighted by Crippen LogP contribution is 2.19. The molecule has 0 aliphatic carbocycles. The van der Waals surface area contributed by atoms with Crippen molar-refractivity contribution in [2.75, 3.05) is 18.5 Å². The minimum atomic E-state index is -0.507. The minimum absolute atomic E-state index is 0.156. The van der Waals surface area contributed by atoms with Gasteiger partial charge >= 0.3 is 5.97 Å². The normalized spacial score (nSPS) is 13.2. The van der Waals surface area contributed by atoms with Crippen LogP contribution in [-0.2, 0) is 42.0 Å². The van der Waals surface area contributed by atoms with E-state index in [0.29, 0.717) is 36.5 Å². The Balaban J connectivity index is 1.55. The smallest absolute Gasteiger partial charge is 0.340 e. The molecule has 0 atom stereocenters. The number of hydrogen-bond acceptors (Lipinski definition) is 6. The number of anilines is 1. The second kappa shape index (κ2) is 11.8. The standard InChI is InChI=1S/C28H32N4O4/c1-3-10-25-29-24-18-31(17-20-11-6-5-7-12-20)16-15-21(24)27(34)32(25)19-26(33)30-23-14-9-8-13-22(23)28(35)36-4-2/h5-9,11-14H,3-4,10,15-19H2,1-2H3,(H,30,33). The summed E-state index contributed by atoms with van der Waals surface area (Å²) in [4.78, 5) is 45.9. The van der Waals surface area contributed by atoms with E-state index in [1.54, 1.807) is 31.2 Å². The van der Waals surface area contributed by atoms with E-state index in [9.17, 15) is 14.4 Å². The summed E-state index contributed by atoms with van der Waals surface area (Å²) in [6, 6.07) is 16.9. The number of para-hydroxylation sites is 1. The molecule has 4 rings (SSSR count). The number of amides is 1. The van der Waals surface area contributed by atoms with Gasteiger partial charge in [-0.1, -0.05) is 49.4 Å². The van der Waals surface area contributed by atoms with E-state index < -0.39 is 11.9 Å². The average Bonchev–Trinajstić information content (AvgIpc) is 2.87. The van der Waals surface area contributed by atoms with E-state index in [1.807, 2.05) is 25.1 Å². The Morgan fingerprint density at radius 2 is 1.81 bits per heavy atom. The number of esters is 1. The molecule has 1 amide bonds. The molecule has 3 aromatic rings. The number of carbonyl (C=O) groups excluding carboxylic acids is 2. The molecule has 1 aromatic heterocycles. The van der Waals surface area contributed by atoms with Gasteiger partial charge < -0.3 is 10.1 Å². The van der Waals surface area contributed by atoms with Crippen molar-refractivity contribution in [3.05, 3.63) is 93.2 Å². The Morgan fingerprint density at radius 3 is 2.56 bits per heavy atom. The zero-order chi connectivity index (χ0) is 25.5. The van der Waals surface area contributed by atoms with Crippen molar-refractivity contribution < 1.29 is 14.3 Å². The molecule has 36 heavy (non-hydrogen) atoms. The molecule has 1 N–H and O–H groups in total. The third kappa shape index (κ3) is 5.88. The molecule has 0 spiro atoms. The van der Waals surface area contributed by atoms with Gasteiger partial charge in [0.2, 0.25) is 5.91 Å². The third-order valence-corrected chi connectivity index (χ3v) is 6.20. The number of hydrogen-bond donors (Lipinski definition) is 1. The number of aromatic nitrogens is 2. The predicted octanol–water partition coefficient (Wildman–Crippen LogP) is 3.57. The van der Waals surface area contributed by atoms with E-state index in [2.05, 4.69) is 22.3 Å². The number of nitrogens with zero attached hydrogens (tertiary/aromatic N) is 3. The maximum absolute atomic E-state index is 13.5. The molecule has 0 fully saturated rings. The van der Waals surface area contributed by atoms with Crippen molar-refractivity contribution in [3.8, 4) is 0 Å². The molecule has 1 aliphatic heterocycles. The van der Waals surface area contributed by atoms with Crippen LogP contribution in [0.15, 0.2) is 59.4 Å². The topological polar surface area (TPSA) is 93.5 Å². The molecule has 0 bridgehead atoms. The first kappa shape index (κ1) is 25.3. The Bertz CT molecular complexity index is 1290. The fraction of sp³-hybridized carbons (Fsp3) is 0.357. The Hall–Kier alpha value is -3.78. The third-order valence-electron chi connectivity index (χ3n) is 6.20. The molecule has 0 unspecified atom stereocenters. The maximum atomic E-state index is 13.5. The number of ether oxygens (including phenoxy) is 1. The molecule has 0 saturated heterocycles. The highest BCUT2D eigenvalue weighted by molar-refractivity contribution is 6.01. The maximum Gasteiger partial charge on any atom is 0.340 e. The molecular formula is C28H32N4O4. The number of aryl methyl sites for hydroxylation is 1. The first-order valence-corrected chi connectivity index (χ1v) is 12.4. The molecule has 1 aliphatic rings. The lowest BCUT2D eigenvalue weighted by atomic mass is 10.0. The number of fused-ring (bicyclic) bond motifs is 1. The van der Waals surface area contributed by atoms with E-state index in [0.717, 1.165) is 25.2 Å². The second-order valence-electron chi connectivity index (χ2n) is 8.86. The molecule has 8 nitrogen and oxygen atoms in total. The van der Waals surface area contributed by atoms with Crippen molar-refractivity contribution in [1.29, 1.82) is 0 Å². The second-order valence-corrected chi connectivity index (χ2v) is 8.86. The summed E-state index contributed by atoms with van der Waals surface area (Å²) < 4.78 is 6.57. The molecule has 188 valence electrons. The van der Waals surface area contributed by atoms with Crippen LogP contribution in [0.1, 0.15) is 53.3 Å². The summed E-state index contributed by atoms with van der Waals surface area (Å²) in [6.45, 7) is 5.98. The van der Waals surface area contributed by atoms with E-state index in [-0.39, 0.29) is 24.3 Å².